The summed E-state index contributed by atoms with van der Waals surface area (Å²) in [5.74, 6) is -1.26. The zero-order chi connectivity index (χ0) is 20.5. The summed E-state index contributed by atoms with van der Waals surface area (Å²) in [7, 11) is 1.64. The van der Waals surface area contributed by atoms with Crippen LogP contribution in [0.3, 0.4) is 0 Å². The van der Waals surface area contributed by atoms with Gasteiger partial charge < -0.3 is 11.1 Å². The summed E-state index contributed by atoms with van der Waals surface area (Å²) in [6.45, 7) is -0.188. The fraction of sp³-hybridized carbons (Fsp3) is 0.105. The van der Waals surface area contributed by atoms with Crippen molar-refractivity contribution < 1.29 is 8.78 Å². The second-order valence-electron chi connectivity index (χ2n) is 6.17. The van der Waals surface area contributed by atoms with Gasteiger partial charge in [0, 0.05) is 18.3 Å². The van der Waals surface area contributed by atoms with E-state index in [4.69, 9.17) is 11.0 Å². The van der Waals surface area contributed by atoms with Gasteiger partial charge in [-0.05, 0) is 24.3 Å². The Morgan fingerprint density at radius 3 is 2.62 bits per heavy atom. The highest BCUT2D eigenvalue weighted by molar-refractivity contribution is 5.90. The smallest absolute Gasteiger partial charge is 0.225 e. The van der Waals surface area contributed by atoms with E-state index < -0.39 is 11.6 Å². The number of anilines is 2. The molecule has 4 rings (SSSR count). The number of pyridine rings is 1. The Morgan fingerprint density at radius 2 is 1.93 bits per heavy atom. The summed E-state index contributed by atoms with van der Waals surface area (Å²) in [5, 5.41) is 16.7. The number of nitrogens with two attached hydrogens (primary N) is 1. The Morgan fingerprint density at radius 1 is 1.17 bits per heavy atom. The van der Waals surface area contributed by atoms with Gasteiger partial charge in [-0.15, -0.1) is 0 Å². The number of rotatable bonds is 4. The first-order valence-electron chi connectivity index (χ1n) is 8.52. The van der Waals surface area contributed by atoms with Gasteiger partial charge in [0.1, 0.15) is 29.1 Å². The fourth-order valence-corrected chi connectivity index (χ4v) is 2.93. The third-order valence-electron chi connectivity index (χ3n) is 4.30. The molecule has 0 amide bonds. The third-order valence-corrected chi connectivity index (χ3v) is 4.30. The van der Waals surface area contributed by atoms with Gasteiger partial charge in [-0.1, -0.05) is 6.07 Å². The Hall–Kier alpha value is -4.13. The van der Waals surface area contributed by atoms with Crippen LogP contribution in [0.5, 0.6) is 0 Å². The number of benzene rings is 1. The minimum atomic E-state index is -0.766. The van der Waals surface area contributed by atoms with Crippen molar-refractivity contribution >= 4 is 22.7 Å². The number of fused-ring (bicyclic) bond motifs is 1. The van der Waals surface area contributed by atoms with Crippen LogP contribution in [0, 0.1) is 23.0 Å². The Bertz CT molecular complexity index is 1250. The minimum Gasteiger partial charge on any atom is -0.399 e. The second-order valence-corrected chi connectivity index (χ2v) is 6.17. The summed E-state index contributed by atoms with van der Waals surface area (Å²) in [6, 6.07) is 9.08. The lowest BCUT2D eigenvalue weighted by molar-refractivity contribution is 0.537. The number of hydrogen-bond acceptors (Lipinski definition) is 7. The molecule has 0 atom stereocenters. The number of halogens is 2. The average molecular weight is 392 g/mol. The van der Waals surface area contributed by atoms with Crippen LogP contribution in [-0.2, 0) is 6.54 Å². The number of nitrogens with one attached hydrogen (secondary N) is 1. The van der Waals surface area contributed by atoms with E-state index in [0.29, 0.717) is 22.4 Å². The SMILES string of the molecule is CNc1nc(-c2cccc(C#N)n2)c2cnn(Cc3c(F)cc(N)cc3F)c2n1. The van der Waals surface area contributed by atoms with Gasteiger partial charge in [0.25, 0.3) is 0 Å². The number of hydrogen-bond donors (Lipinski definition) is 2. The normalized spacial score (nSPS) is 10.8. The molecule has 10 heteroatoms. The van der Waals surface area contributed by atoms with E-state index in [1.54, 1.807) is 25.2 Å². The van der Waals surface area contributed by atoms with Gasteiger partial charge in [-0.2, -0.15) is 15.3 Å². The molecule has 0 saturated heterocycles. The molecule has 0 fully saturated rings. The predicted molar refractivity (Wildman–Crippen MR) is 103 cm³/mol. The largest absolute Gasteiger partial charge is 0.399 e. The lowest BCUT2D eigenvalue weighted by Gasteiger charge is -2.09. The van der Waals surface area contributed by atoms with Crippen LogP contribution in [0.2, 0.25) is 0 Å². The Balaban J connectivity index is 1.88. The molecule has 144 valence electrons. The molecule has 8 nitrogen and oxygen atoms in total. The molecule has 0 unspecified atom stereocenters. The summed E-state index contributed by atoms with van der Waals surface area (Å²) in [4.78, 5) is 13.1. The van der Waals surface area contributed by atoms with Gasteiger partial charge >= 0.3 is 0 Å². The molecule has 0 saturated carbocycles. The maximum Gasteiger partial charge on any atom is 0.225 e. The maximum atomic E-state index is 14.2. The summed E-state index contributed by atoms with van der Waals surface area (Å²) in [6.07, 6.45) is 1.50. The number of aromatic nitrogens is 5. The second kappa shape index (κ2) is 7.12. The average Bonchev–Trinajstić information content (AvgIpc) is 3.12. The van der Waals surface area contributed by atoms with Crippen molar-refractivity contribution in [3.05, 3.63) is 59.4 Å². The van der Waals surface area contributed by atoms with Gasteiger partial charge in [0.05, 0.1) is 23.8 Å². The van der Waals surface area contributed by atoms with Crippen molar-refractivity contribution in [3.63, 3.8) is 0 Å². The highest BCUT2D eigenvalue weighted by Gasteiger charge is 2.18. The van der Waals surface area contributed by atoms with Crippen molar-refractivity contribution in [2.45, 2.75) is 6.54 Å². The molecule has 0 radical (unpaired) electrons. The van der Waals surface area contributed by atoms with Crippen LogP contribution in [-0.4, -0.2) is 31.8 Å². The van der Waals surface area contributed by atoms with Crippen LogP contribution >= 0.6 is 0 Å². The van der Waals surface area contributed by atoms with Crippen LogP contribution < -0.4 is 11.1 Å². The van der Waals surface area contributed by atoms with Crippen molar-refractivity contribution in [2.75, 3.05) is 18.1 Å². The molecule has 3 N–H and O–H groups in total. The van der Waals surface area contributed by atoms with Crippen LogP contribution in [0.4, 0.5) is 20.4 Å². The van der Waals surface area contributed by atoms with E-state index in [9.17, 15) is 8.78 Å². The molecule has 0 aliphatic rings. The van der Waals surface area contributed by atoms with E-state index in [2.05, 4.69) is 25.4 Å². The molecule has 0 bridgehead atoms. The molecule has 3 heterocycles. The van der Waals surface area contributed by atoms with E-state index in [-0.39, 0.29) is 29.4 Å². The number of nitrogen functional groups attached to an aromatic ring is 1. The van der Waals surface area contributed by atoms with E-state index >= 15 is 0 Å². The van der Waals surface area contributed by atoms with E-state index in [1.165, 1.54) is 10.9 Å². The Labute approximate surface area is 163 Å². The van der Waals surface area contributed by atoms with Gasteiger partial charge in [0.2, 0.25) is 5.95 Å². The monoisotopic (exact) mass is 392 g/mol. The summed E-state index contributed by atoms with van der Waals surface area (Å²) >= 11 is 0. The van der Waals surface area contributed by atoms with Crippen molar-refractivity contribution in [1.29, 1.82) is 5.26 Å². The first kappa shape index (κ1) is 18.2. The first-order valence-corrected chi connectivity index (χ1v) is 8.52. The van der Waals surface area contributed by atoms with Crippen molar-refractivity contribution in [3.8, 4) is 17.5 Å². The zero-order valence-corrected chi connectivity index (χ0v) is 15.2. The highest BCUT2D eigenvalue weighted by atomic mass is 19.1. The molecule has 1 aromatic carbocycles. The van der Waals surface area contributed by atoms with Gasteiger partial charge in [0.15, 0.2) is 5.65 Å². The van der Waals surface area contributed by atoms with Crippen molar-refractivity contribution in [1.82, 2.24) is 24.7 Å². The maximum absolute atomic E-state index is 14.2. The Kier molecular flexibility index (Phi) is 4.48. The van der Waals surface area contributed by atoms with Crippen molar-refractivity contribution in [2.24, 2.45) is 0 Å². The quantitative estimate of drug-likeness (QED) is 0.513. The van der Waals surface area contributed by atoms with Crippen LogP contribution in [0.15, 0.2) is 36.5 Å². The standard InChI is InChI=1S/C19H14F2N8/c1-24-19-27-17(16-4-2-3-11(7-22)26-16)12-8-25-29(18(12)28-19)9-13-14(20)5-10(23)6-15(13)21/h2-6,8H,9,23H2,1H3,(H,24,27,28). The lowest BCUT2D eigenvalue weighted by Crippen LogP contribution is -2.09. The molecule has 0 aliphatic heterocycles. The fourth-order valence-electron chi connectivity index (χ4n) is 2.93. The van der Waals surface area contributed by atoms with Crippen LogP contribution in [0.1, 0.15) is 11.3 Å². The van der Waals surface area contributed by atoms with Gasteiger partial charge in [-0.25, -0.2) is 23.4 Å². The molecular formula is C19H14F2N8. The lowest BCUT2D eigenvalue weighted by atomic mass is 10.1. The molecule has 3 aromatic heterocycles. The van der Waals surface area contributed by atoms with E-state index in [0.717, 1.165) is 12.1 Å². The summed E-state index contributed by atoms with van der Waals surface area (Å²) < 4.78 is 29.8. The first-order chi connectivity index (χ1) is 14.0. The molecule has 0 spiro atoms. The molecule has 4 aromatic rings. The predicted octanol–water partition coefficient (Wildman–Crippen LogP) is 2.71. The van der Waals surface area contributed by atoms with E-state index in [1.807, 2.05) is 6.07 Å². The van der Waals surface area contributed by atoms with Crippen LogP contribution in [0.25, 0.3) is 22.4 Å². The molecule has 29 heavy (non-hydrogen) atoms. The zero-order valence-electron chi connectivity index (χ0n) is 15.2. The minimum absolute atomic E-state index is 0.000368. The highest BCUT2D eigenvalue weighted by Crippen LogP contribution is 2.27. The number of nitriles is 1. The number of nitrogens with zero attached hydrogens (tertiary/aromatic N) is 6. The van der Waals surface area contributed by atoms with Gasteiger partial charge in [-0.3, -0.25) is 0 Å². The molecule has 0 aliphatic carbocycles. The third kappa shape index (κ3) is 3.29. The topological polar surface area (TPSA) is 118 Å². The molecular weight excluding hydrogens is 378 g/mol. The summed E-state index contributed by atoms with van der Waals surface area (Å²) in [5.41, 5.74) is 6.79.